The Morgan fingerprint density at radius 3 is 2.48 bits per heavy atom. The van der Waals surface area contributed by atoms with Gasteiger partial charge in [0.1, 0.15) is 0 Å². The largest absolute Gasteiger partial charge is 0.481 e. The molecule has 0 aliphatic carbocycles. The first-order valence-electron chi connectivity index (χ1n) is 11.1. The number of ether oxygens (including phenoxy) is 2. The molecule has 1 N–H and O–H groups in total. The van der Waals surface area contributed by atoms with Crippen LogP contribution in [0.15, 0.2) is 47.4 Å². The summed E-state index contributed by atoms with van der Waals surface area (Å²) >= 11 is 0. The lowest BCUT2D eigenvalue weighted by atomic mass is 10.1. The van der Waals surface area contributed by atoms with E-state index in [0.29, 0.717) is 18.9 Å². The van der Waals surface area contributed by atoms with Crippen LogP contribution in [0, 0.1) is 5.82 Å². The molecule has 0 radical (unpaired) electrons. The maximum absolute atomic E-state index is 13.8. The molecule has 4 rings (SSSR count). The van der Waals surface area contributed by atoms with Crippen LogP contribution in [-0.4, -0.2) is 64.6 Å². The summed E-state index contributed by atoms with van der Waals surface area (Å²) in [6.07, 6.45) is 3.19. The van der Waals surface area contributed by atoms with Gasteiger partial charge in [-0.15, -0.1) is 0 Å². The first-order valence-corrected chi connectivity index (χ1v) is 12.5. The Morgan fingerprint density at radius 1 is 1.03 bits per heavy atom. The van der Waals surface area contributed by atoms with Crippen molar-refractivity contribution in [2.45, 2.75) is 24.2 Å². The van der Waals surface area contributed by atoms with Crippen LogP contribution in [0.1, 0.15) is 19.3 Å². The Kier molecular flexibility index (Phi) is 7.46. The second kappa shape index (κ2) is 10.5. The van der Waals surface area contributed by atoms with Crippen LogP contribution in [0.5, 0.6) is 5.75 Å². The molecule has 2 aromatic rings. The van der Waals surface area contributed by atoms with Gasteiger partial charge < -0.3 is 19.7 Å². The normalized spacial score (nSPS) is 17.5. The van der Waals surface area contributed by atoms with Gasteiger partial charge in [-0.05, 0) is 49.6 Å². The number of morpholine rings is 1. The lowest BCUT2D eigenvalue weighted by molar-refractivity contribution is -0.118. The van der Waals surface area contributed by atoms with Gasteiger partial charge in [0.15, 0.2) is 18.2 Å². The molecule has 1 amide bonds. The van der Waals surface area contributed by atoms with Crippen LogP contribution < -0.4 is 15.0 Å². The maximum atomic E-state index is 13.8. The SMILES string of the molecule is O=C(COc1ccccc1F)Nc1cc(S(=O)(=O)N2CCOCC2)ccc1N1CCCCC1. The molecule has 0 atom stereocenters. The lowest BCUT2D eigenvalue weighted by Crippen LogP contribution is -2.40. The molecule has 2 heterocycles. The van der Waals surface area contributed by atoms with Crippen LogP contribution in [0.4, 0.5) is 15.8 Å². The van der Waals surface area contributed by atoms with Crippen molar-refractivity contribution in [3.8, 4) is 5.75 Å². The minimum Gasteiger partial charge on any atom is -0.481 e. The quantitative estimate of drug-likeness (QED) is 0.660. The van der Waals surface area contributed by atoms with Gasteiger partial charge in [-0.25, -0.2) is 12.8 Å². The zero-order valence-corrected chi connectivity index (χ0v) is 19.2. The second-order valence-electron chi connectivity index (χ2n) is 8.01. The highest BCUT2D eigenvalue weighted by Gasteiger charge is 2.28. The van der Waals surface area contributed by atoms with Crippen molar-refractivity contribution >= 4 is 27.3 Å². The molecule has 0 unspecified atom stereocenters. The Labute approximate surface area is 193 Å². The highest BCUT2D eigenvalue weighted by atomic mass is 32.2. The number of nitrogens with one attached hydrogen (secondary N) is 1. The number of halogens is 1. The predicted octanol–water partition coefficient (Wildman–Crippen LogP) is 2.85. The van der Waals surface area contributed by atoms with Gasteiger partial charge in [-0.1, -0.05) is 12.1 Å². The van der Waals surface area contributed by atoms with Crippen molar-refractivity contribution in [2.24, 2.45) is 0 Å². The zero-order chi connectivity index (χ0) is 23.3. The minimum atomic E-state index is -3.73. The molecule has 0 spiro atoms. The highest BCUT2D eigenvalue weighted by molar-refractivity contribution is 7.89. The van der Waals surface area contributed by atoms with E-state index in [0.717, 1.165) is 38.0 Å². The van der Waals surface area contributed by atoms with Gasteiger partial charge in [-0.2, -0.15) is 4.31 Å². The van der Waals surface area contributed by atoms with E-state index in [2.05, 4.69) is 10.2 Å². The summed E-state index contributed by atoms with van der Waals surface area (Å²) in [6, 6.07) is 10.7. The standard InChI is InChI=1S/C23H28FN3O5S/c24-19-6-2-3-7-22(19)32-17-23(28)25-20-16-18(33(29,30)27-12-14-31-15-13-27)8-9-21(20)26-10-4-1-5-11-26/h2-3,6-9,16H,1,4-5,10-15,17H2,(H,25,28). The van der Waals surface area contributed by atoms with Gasteiger partial charge in [0.05, 0.1) is 29.5 Å². The summed E-state index contributed by atoms with van der Waals surface area (Å²) in [4.78, 5) is 14.9. The summed E-state index contributed by atoms with van der Waals surface area (Å²) in [6.45, 7) is 2.52. The zero-order valence-electron chi connectivity index (χ0n) is 18.3. The average Bonchev–Trinajstić information content (AvgIpc) is 2.84. The minimum absolute atomic E-state index is 0.0208. The number of carbonyl (C=O) groups excluding carboxylic acids is 1. The van der Waals surface area contributed by atoms with Crippen LogP contribution in [0.3, 0.4) is 0 Å². The maximum Gasteiger partial charge on any atom is 0.262 e. The van der Waals surface area contributed by atoms with Crippen molar-refractivity contribution in [2.75, 3.05) is 56.2 Å². The molecule has 2 saturated heterocycles. The molecule has 2 fully saturated rings. The molecule has 2 aliphatic heterocycles. The number of carbonyl (C=O) groups is 1. The van der Waals surface area contributed by atoms with E-state index in [1.54, 1.807) is 18.2 Å². The van der Waals surface area contributed by atoms with Crippen molar-refractivity contribution in [3.05, 3.63) is 48.3 Å². The van der Waals surface area contributed by atoms with Gasteiger partial charge in [0.2, 0.25) is 10.0 Å². The number of para-hydroxylation sites is 1. The Hall–Kier alpha value is -2.69. The average molecular weight is 478 g/mol. The van der Waals surface area contributed by atoms with E-state index < -0.39 is 28.4 Å². The van der Waals surface area contributed by atoms with Gasteiger partial charge >= 0.3 is 0 Å². The summed E-state index contributed by atoms with van der Waals surface area (Å²) in [5, 5.41) is 2.78. The molecular weight excluding hydrogens is 449 g/mol. The van der Waals surface area contributed by atoms with E-state index >= 15 is 0 Å². The van der Waals surface area contributed by atoms with Crippen LogP contribution in [0.25, 0.3) is 0 Å². The van der Waals surface area contributed by atoms with Crippen LogP contribution in [0.2, 0.25) is 0 Å². The van der Waals surface area contributed by atoms with Crippen molar-refractivity contribution in [1.82, 2.24) is 4.31 Å². The molecule has 0 aromatic heterocycles. The molecule has 2 aromatic carbocycles. The number of piperidine rings is 1. The number of hydrogen-bond donors (Lipinski definition) is 1. The third-order valence-corrected chi connectivity index (χ3v) is 7.64. The van der Waals surface area contributed by atoms with Crippen LogP contribution in [-0.2, 0) is 19.6 Å². The molecule has 0 saturated carbocycles. The first kappa shape index (κ1) is 23.5. The molecule has 178 valence electrons. The number of benzene rings is 2. The summed E-state index contributed by atoms with van der Waals surface area (Å²) in [5.41, 5.74) is 1.16. The van der Waals surface area contributed by atoms with E-state index in [4.69, 9.17) is 9.47 Å². The fourth-order valence-corrected chi connectivity index (χ4v) is 5.45. The number of rotatable bonds is 7. The summed E-state index contributed by atoms with van der Waals surface area (Å²) < 4.78 is 52.0. The summed E-state index contributed by atoms with van der Waals surface area (Å²) in [5.74, 6) is -1.08. The number of hydrogen-bond acceptors (Lipinski definition) is 6. The molecule has 0 bridgehead atoms. The lowest BCUT2D eigenvalue weighted by Gasteiger charge is -2.31. The monoisotopic (exact) mass is 477 g/mol. The topological polar surface area (TPSA) is 88.2 Å². The van der Waals surface area contributed by atoms with E-state index in [-0.39, 0.29) is 23.7 Å². The van der Waals surface area contributed by atoms with Gasteiger partial charge in [0, 0.05) is 26.2 Å². The first-order chi connectivity index (χ1) is 15.9. The van der Waals surface area contributed by atoms with Crippen molar-refractivity contribution in [3.63, 3.8) is 0 Å². The van der Waals surface area contributed by atoms with Gasteiger partial charge in [0.25, 0.3) is 5.91 Å². The smallest absolute Gasteiger partial charge is 0.262 e. The fourth-order valence-electron chi connectivity index (χ4n) is 4.01. The Morgan fingerprint density at radius 2 is 1.76 bits per heavy atom. The van der Waals surface area contributed by atoms with E-state index in [1.165, 1.54) is 28.6 Å². The van der Waals surface area contributed by atoms with Crippen molar-refractivity contribution in [1.29, 1.82) is 0 Å². The molecule has 2 aliphatic rings. The van der Waals surface area contributed by atoms with E-state index in [1.807, 2.05) is 0 Å². The number of anilines is 2. The molecule has 10 heteroatoms. The highest BCUT2D eigenvalue weighted by Crippen LogP contribution is 2.32. The van der Waals surface area contributed by atoms with E-state index in [9.17, 15) is 17.6 Å². The third kappa shape index (κ3) is 5.63. The number of sulfonamides is 1. The van der Waals surface area contributed by atoms with Gasteiger partial charge in [-0.3, -0.25) is 4.79 Å². The molecular formula is C23H28FN3O5S. The Bertz CT molecular complexity index is 1080. The second-order valence-corrected chi connectivity index (χ2v) is 9.95. The van der Waals surface area contributed by atoms with Crippen LogP contribution >= 0.6 is 0 Å². The fraction of sp³-hybridized carbons (Fsp3) is 0.435. The third-order valence-electron chi connectivity index (χ3n) is 5.74. The predicted molar refractivity (Wildman–Crippen MR) is 123 cm³/mol. The number of nitrogens with zero attached hydrogens (tertiary/aromatic N) is 2. The molecule has 33 heavy (non-hydrogen) atoms. The number of amides is 1. The van der Waals surface area contributed by atoms with Crippen molar-refractivity contribution < 1.29 is 27.1 Å². The summed E-state index contributed by atoms with van der Waals surface area (Å²) in [7, 11) is -3.73. The molecule has 8 nitrogen and oxygen atoms in total. The Balaban J connectivity index is 1.56.